The molecular formula is C32H34F6N2O3. The smallest absolute Gasteiger partial charge is 0.416 e. The molecule has 1 aliphatic rings. The van der Waals surface area contributed by atoms with Gasteiger partial charge >= 0.3 is 18.4 Å². The number of carbonyl (C=O) groups is 1. The lowest BCUT2D eigenvalue weighted by Crippen LogP contribution is -2.44. The van der Waals surface area contributed by atoms with Crippen molar-refractivity contribution in [2.45, 2.75) is 63.7 Å². The molecule has 232 valence electrons. The summed E-state index contributed by atoms with van der Waals surface area (Å²) in [5.41, 5.74) is -1.60. The monoisotopic (exact) mass is 608 g/mol. The van der Waals surface area contributed by atoms with E-state index in [1.807, 2.05) is 19.1 Å². The van der Waals surface area contributed by atoms with Gasteiger partial charge in [-0.3, -0.25) is 10.2 Å². The van der Waals surface area contributed by atoms with Crippen LogP contribution in [-0.2, 0) is 29.2 Å². The highest BCUT2D eigenvalue weighted by atomic mass is 19.4. The first kappa shape index (κ1) is 32.3. The predicted molar refractivity (Wildman–Crippen MR) is 150 cm³/mol. The minimum atomic E-state index is -4.57. The minimum absolute atomic E-state index is 0.189. The molecule has 1 heterocycles. The zero-order valence-electron chi connectivity index (χ0n) is 23.8. The van der Waals surface area contributed by atoms with Crippen LogP contribution in [0, 0.1) is 5.92 Å². The van der Waals surface area contributed by atoms with Gasteiger partial charge in [0, 0.05) is 12.2 Å². The Morgan fingerprint density at radius 1 is 0.837 bits per heavy atom. The summed E-state index contributed by atoms with van der Waals surface area (Å²) in [6, 6.07) is 15.6. The Morgan fingerprint density at radius 3 is 1.70 bits per heavy atom. The molecule has 3 aromatic rings. The molecule has 0 aliphatic carbocycles. The highest BCUT2D eigenvalue weighted by molar-refractivity contribution is 5.84. The average Bonchev–Trinajstić information content (AvgIpc) is 2.97. The lowest BCUT2D eigenvalue weighted by atomic mass is 9.71. The topological polar surface area (TPSA) is 61.8 Å². The largest absolute Gasteiger partial charge is 0.446 e. The summed E-state index contributed by atoms with van der Waals surface area (Å²) in [5.74, 6) is -0.458. The van der Waals surface area contributed by atoms with Crippen molar-refractivity contribution in [2.75, 3.05) is 18.4 Å². The fourth-order valence-corrected chi connectivity index (χ4v) is 5.34. The van der Waals surface area contributed by atoms with E-state index < -0.39 is 41.1 Å². The molecule has 0 saturated carbocycles. The van der Waals surface area contributed by atoms with Crippen molar-refractivity contribution in [1.29, 1.82) is 0 Å². The zero-order chi connectivity index (χ0) is 31.4. The number of benzene rings is 3. The van der Waals surface area contributed by atoms with E-state index in [1.165, 1.54) is 24.3 Å². The molecular weight excluding hydrogens is 574 g/mol. The Bertz CT molecular complexity index is 1290. The molecule has 1 amide bonds. The first-order valence-corrected chi connectivity index (χ1v) is 14.1. The van der Waals surface area contributed by atoms with Crippen LogP contribution in [0.15, 0.2) is 72.8 Å². The Labute approximate surface area is 246 Å². The molecule has 0 aromatic heterocycles. The first-order chi connectivity index (χ1) is 20.2. The van der Waals surface area contributed by atoms with Crippen LogP contribution in [0.5, 0.6) is 0 Å². The van der Waals surface area contributed by atoms with Gasteiger partial charge in [-0.25, -0.2) is 4.79 Å². The number of nitrogens with one attached hydrogen (secondary N) is 1. The third-order valence-electron chi connectivity index (χ3n) is 7.97. The van der Waals surface area contributed by atoms with E-state index in [4.69, 9.17) is 4.74 Å². The Morgan fingerprint density at radius 2 is 1.28 bits per heavy atom. The second-order valence-corrected chi connectivity index (χ2v) is 10.9. The van der Waals surface area contributed by atoms with E-state index in [0.29, 0.717) is 44.6 Å². The van der Waals surface area contributed by atoms with Gasteiger partial charge in [-0.2, -0.15) is 26.3 Å². The number of hydrogen-bond acceptors (Lipinski definition) is 4. The number of aliphatic hydroxyl groups is 1. The number of ether oxygens (including phenoxy) is 1. The van der Waals surface area contributed by atoms with Gasteiger partial charge in [0.15, 0.2) is 0 Å². The maximum atomic E-state index is 13.2. The molecule has 3 aromatic carbocycles. The number of likely N-dealkylation sites (tertiary alicyclic amines) is 1. The van der Waals surface area contributed by atoms with Crippen molar-refractivity contribution < 1.29 is 41.0 Å². The summed E-state index contributed by atoms with van der Waals surface area (Å²) < 4.78 is 84.5. The van der Waals surface area contributed by atoms with E-state index >= 15 is 0 Å². The number of nitrogens with zero attached hydrogens (tertiary/aromatic N) is 1. The highest BCUT2D eigenvalue weighted by Gasteiger charge is 2.43. The lowest BCUT2D eigenvalue weighted by Gasteiger charge is -2.42. The van der Waals surface area contributed by atoms with E-state index in [1.54, 1.807) is 19.1 Å². The summed E-state index contributed by atoms with van der Waals surface area (Å²) >= 11 is 0. The standard InChI is InChI=1S/C32H34F6N2O3/c1-3-21(2)43-29(41)39-28-14-4-22(5-15-28)20-40-18-16-25(17-19-40)30(42,23-6-10-26(11-7-23)31(33,34)35)24-8-12-27(13-9-24)32(36,37)38/h4-15,21,25,42H,3,16-20H2,1-2H3,(H,39,41)/t21-/m1/s1. The molecule has 1 saturated heterocycles. The van der Waals surface area contributed by atoms with Crippen LogP contribution < -0.4 is 5.32 Å². The molecule has 0 radical (unpaired) electrons. The number of halogens is 6. The van der Waals surface area contributed by atoms with Crippen LogP contribution in [0.25, 0.3) is 0 Å². The van der Waals surface area contributed by atoms with Gasteiger partial charge in [0.2, 0.25) is 0 Å². The fraction of sp³-hybridized carbons (Fsp3) is 0.406. The van der Waals surface area contributed by atoms with Crippen LogP contribution in [0.1, 0.15) is 60.9 Å². The lowest BCUT2D eigenvalue weighted by molar-refractivity contribution is -0.138. The zero-order valence-corrected chi connectivity index (χ0v) is 23.8. The van der Waals surface area contributed by atoms with Crippen molar-refractivity contribution in [1.82, 2.24) is 4.90 Å². The van der Waals surface area contributed by atoms with E-state index in [9.17, 15) is 36.2 Å². The number of anilines is 1. The molecule has 5 nitrogen and oxygen atoms in total. The Hall–Kier alpha value is -3.57. The SMILES string of the molecule is CC[C@@H](C)OC(=O)Nc1ccc(CN2CCC(C(O)(c3ccc(C(F)(F)F)cc3)c3ccc(C(F)(F)F)cc3)CC2)cc1. The third-order valence-corrected chi connectivity index (χ3v) is 7.97. The van der Waals surface area contributed by atoms with Crippen molar-refractivity contribution in [3.8, 4) is 0 Å². The second-order valence-electron chi connectivity index (χ2n) is 10.9. The summed E-state index contributed by atoms with van der Waals surface area (Å²) in [6.07, 6.45) is -8.24. The summed E-state index contributed by atoms with van der Waals surface area (Å²) in [5, 5.41) is 14.8. The van der Waals surface area contributed by atoms with Crippen LogP contribution >= 0.6 is 0 Å². The van der Waals surface area contributed by atoms with Crippen LogP contribution in [0.4, 0.5) is 36.8 Å². The quantitative estimate of drug-likeness (QED) is 0.253. The molecule has 11 heteroatoms. The number of alkyl halides is 6. The van der Waals surface area contributed by atoms with Gasteiger partial charge < -0.3 is 9.84 Å². The summed E-state index contributed by atoms with van der Waals surface area (Å²) in [6.45, 7) is 5.41. The molecule has 4 rings (SSSR count). The van der Waals surface area contributed by atoms with Gasteiger partial charge in [-0.1, -0.05) is 43.3 Å². The molecule has 2 N–H and O–H groups in total. The maximum absolute atomic E-state index is 13.2. The maximum Gasteiger partial charge on any atom is 0.416 e. The van der Waals surface area contributed by atoms with Gasteiger partial charge in [-0.15, -0.1) is 0 Å². The number of carbonyl (C=O) groups excluding carboxylic acids is 1. The number of hydrogen-bond donors (Lipinski definition) is 2. The van der Waals surface area contributed by atoms with Gasteiger partial charge in [-0.05, 0) is 98.3 Å². The van der Waals surface area contributed by atoms with Gasteiger partial charge in [0.05, 0.1) is 11.1 Å². The highest BCUT2D eigenvalue weighted by Crippen LogP contribution is 2.44. The molecule has 1 fully saturated rings. The van der Waals surface area contributed by atoms with Crippen molar-refractivity contribution >= 4 is 11.8 Å². The van der Waals surface area contributed by atoms with Gasteiger partial charge in [0.1, 0.15) is 11.7 Å². The van der Waals surface area contributed by atoms with Crippen LogP contribution in [-0.4, -0.2) is 35.3 Å². The fourth-order valence-electron chi connectivity index (χ4n) is 5.34. The van der Waals surface area contributed by atoms with Crippen LogP contribution in [0.3, 0.4) is 0 Å². The van der Waals surface area contributed by atoms with E-state index in [-0.39, 0.29) is 17.2 Å². The van der Waals surface area contributed by atoms with E-state index in [0.717, 1.165) is 29.8 Å². The number of rotatable bonds is 8. The van der Waals surface area contributed by atoms with Crippen molar-refractivity contribution in [2.24, 2.45) is 5.92 Å². The molecule has 43 heavy (non-hydrogen) atoms. The van der Waals surface area contributed by atoms with Crippen molar-refractivity contribution in [3.63, 3.8) is 0 Å². The first-order valence-electron chi connectivity index (χ1n) is 14.1. The van der Waals surface area contributed by atoms with E-state index in [2.05, 4.69) is 10.2 Å². The van der Waals surface area contributed by atoms with Crippen LogP contribution in [0.2, 0.25) is 0 Å². The number of amides is 1. The Kier molecular flexibility index (Phi) is 9.76. The Balaban J connectivity index is 1.48. The summed E-state index contributed by atoms with van der Waals surface area (Å²) in [7, 11) is 0. The third kappa shape index (κ3) is 7.88. The molecule has 0 bridgehead atoms. The van der Waals surface area contributed by atoms with Gasteiger partial charge in [0.25, 0.3) is 0 Å². The number of piperidine rings is 1. The minimum Gasteiger partial charge on any atom is -0.446 e. The summed E-state index contributed by atoms with van der Waals surface area (Å²) in [4.78, 5) is 14.1. The predicted octanol–water partition coefficient (Wildman–Crippen LogP) is 8.22. The molecule has 1 aliphatic heterocycles. The van der Waals surface area contributed by atoms with Crippen molar-refractivity contribution in [3.05, 3.63) is 101 Å². The molecule has 0 unspecified atom stereocenters. The molecule has 0 spiro atoms. The molecule has 1 atom stereocenters. The average molecular weight is 609 g/mol. The normalized spacial score (nSPS) is 16.1. The second kappa shape index (κ2) is 13.0.